The van der Waals surface area contributed by atoms with Crippen molar-refractivity contribution in [2.75, 3.05) is 13.2 Å². The Bertz CT molecular complexity index is 849. The van der Waals surface area contributed by atoms with E-state index < -0.39 is 30.4 Å². The van der Waals surface area contributed by atoms with Crippen molar-refractivity contribution in [2.45, 2.75) is 32.2 Å². The van der Waals surface area contributed by atoms with Gasteiger partial charge in [-0.3, -0.25) is 9.59 Å². The number of piperidine rings is 1. The van der Waals surface area contributed by atoms with Crippen molar-refractivity contribution in [2.24, 2.45) is 5.73 Å². The normalized spacial score (nSPS) is 16.8. The Labute approximate surface area is 156 Å². The largest absolute Gasteiger partial charge is 0.451 e. The first-order valence-corrected chi connectivity index (χ1v) is 8.72. The van der Waals surface area contributed by atoms with E-state index in [1.165, 1.54) is 9.70 Å². The van der Waals surface area contributed by atoms with Crippen LogP contribution in [0.3, 0.4) is 0 Å². The number of carbonyl (C=O) groups is 3. The van der Waals surface area contributed by atoms with Crippen LogP contribution in [0, 0.1) is 6.92 Å². The molecule has 0 unspecified atom stereocenters. The third-order valence-electron chi connectivity index (χ3n) is 4.44. The summed E-state index contributed by atoms with van der Waals surface area (Å²) in [5, 5.41) is 8.35. The van der Waals surface area contributed by atoms with Crippen LogP contribution in [0.1, 0.15) is 35.4 Å². The van der Waals surface area contributed by atoms with Crippen LogP contribution in [0.2, 0.25) is 0 Å². The molecule has 2 heterocycles. The number of nitrogens with two attached hydrogens (primary N) is 1. The Morgan fingerprint density at radius 2 is 1.93 bits per heavy atom. The molecule has 0 aliphatic carbocycles. The van der Waals surface area contributed by atoms with Gasteiger partial charge in [0.1, 0.15) is 6.04 Å². The molecule has 1 saturated heterocycles. The molecule has 1 aromatic heterocycles. The highest BCUT2D eigenvalue weighted by Gasteiger charge is 2.31. The molecule has 0 spiro atoms. The highest BCUT2D eigenvalue weighted by Crippen LogP contribution is 2.17. The first-order valence-electron chi connectivity index (χ1n) is 8.72. The SMILES string of the molecule is Cc1nn(-c2ccccc2)nc1C(=O)OCC(=O)N1CCCC[C@@H]1C(N)=O. The Morgan fingerprint density at radius 1 is 1.19 bits per heavy atom. The second-order valence-electron chi connectivity index (χ2n) is 6.34. The van der Waals surface area contributed by atoms with Crippen molar-refractivity contribution in [1.82, 2.24) is 19.9 Å². The number of hydrogen-bond donors (Lipinski definition) is 1. The maximum absolute atomic E-state index is 12.4. The molecule has 0 radical (unpaired) electrons. The summed E-state index contributed by atoms with van der Waals surface area (Å²) in [7, 11) is 0. The number of nitrogens with zero attached hydrogens (tertiary/aromatic N) is 4. The zero-order valence-electron chi connectivity index (χ0n) is 15.0. The van der Waals surface area contributed by atoms with Gasteiger partial charge in [-0.05, 0) is 38.3 Å². The van der Waals surface area contributed by atoms with Gasteiger partial charge in [-0.2, -0.15) is 9.90 Å². The van der Waals surface area contributed by atoms with Gasteiger partial charge in [-0.25, -0.2) is 4.79 Å². The minimum absolute atomic E-state index is 0.0387. The summed E-state index contributed by atoms with van der Waals surface area (Å²) < 4.78 is 5.10. The molecule has 1 aliphatic heterocycles. The predicted octanol–water partition coefficient (Wildman–Crippen LogP) is 0.599. The van der Waals surface area contributed by atoms with Crippen LogP contribution < -0.4 is 5.73 Å². The van der Waals surface area contributed by atoms with Gasteiger partial charge in [-0.1, -0.05) is 18.2 Å². The van der Waals surface area contributed by atoms with Gasteiger partial charge in [0.2, 0.25) is 5.91 Å². The van der Waals surface area contributed by atoms with E-state index in [1.54, 1.807) is 19.1 Å². The third kappa shape index (κ3) is 4.13. The fraction of sp³-hybridized carbons (Fsp3) is 0.389. The molecular formula is C18H21N5O4. The zero-order valence-corrected chi connectivity index (χ0v) is 15.0. The average molecular weight is 371 g/mol. The van der Waals surface area contributed by atoms with Crippen molar-refractivity contribution in [3.63, 3.8) is 0 Å². The van der Waals surface area contributed by atoms with Crippen LogP contribution >= 0.6 is 0 Å². The van der Waals surface area contributed by atoms with Crippen LogP contribution in [0.4, 0.5) is 0 Å². The zero-order chi connectivity index (χ0) is 19.4. The lowest BCUT2D eigenvalue weighted by atomic mass is 10.0. The van der Waals surface area contributed by atoms with Gasteiger partial charge in [0.05, 0.1) is 11.4 Å². The average Bonchev–Trinajstić information content (AvgIpc) is 3.08. The predicted molar refractivity (Wildman–Crippen MR) is 94.9 cm³/mol. The van der Waals surface area contributed by atoms with Gasteiger partial charge >= 0.3 is 5.97 Å². The Morgan fingerprint density at radius 3 is 2.63 bits per heavy atom. The number of esters is 1. The van der Waals surface area contributed by atoms with E-state index in [9.17, 15) is 14.4 Å². The molecule has 0 saturated carbocycles. The van der Waals surface area contributed by atoms with E-state index in [2.05, 4.69) is 10.2 Å². The highest BCUT2D eigenvalue weighted by atomic mass is 16.5. The van der Waals surface area contributed by atoms with Crippen LogP contribution in [-0.4, -0.2) is 56.9 Å². The van der Waals surface area contributed by atoms with Crippen molar-refractivity contribution in [1.29, 1.82) is 0 Å². The Hall–Kier alpha value is -3.23. The summed E-state index contributed by atoms with van der Waals surface area (Å²) in [5.41, 5.74) is 6.49. The fourth-order valence-corrected chi connectivity index (χ4v) is 3.05. The monoisotopic (exact) mass is 371 g/mol. The highest BCUT2D eigenvalue weighted by molar-refractivity contribution is 5.91. The van der Waals surface area contributed by atoms with Crippen molar-refractivity contribution >= 4 is 17.8 Å². The lowest BCUT2D eigenvalue weighted by molar-refractivity contribution is -0.143. The molecule has 2 amide bonds. The van der Waals surface area contributed by atoms with Gasteiger partial charge in [0, 0.05) is 6.54 Å². The Kier molecular flexibility index (Phi) is 5.49. The van der Waals surface area contributed by atoms with E-state index in [0.717, 1.165) is 12.8 Å². The number of hydrogen-bond acceptors (Lipinski definition) is 6. The Balaban J connectivity index is 1.65. The molecule has 3 rings (SSSR count). The lowest BCUT2D eigenvalue weighted by Crippen LogP contribution is -2.51. The molecule has 142 valence electrons. The van der Waals surface area contributed by atoms with Gasteiger partial charge in [0.25, 0.3) is 5.91 Å². The quantitative estimate of drug-likeness (QED) is 0.769. The first-order chi connectivity index (χ1) is 13.0. The number of likely N-dealkylation sites (tertiary alicyclic amines) is 1. The minimum Gasteiger partial charge on any atom is -0.451 e. The molecule has 0 bridgehead atoms. The van der Waals surface area contributed by atoms with Crippen molar-refractivity contribution in [3.8, 4) is 5.69 Å². The second-order valence-corrected chi connectivity index (χ2v) is 6.34. The van der Waals surface area contributed by atoms with Crippen LogP contribution in [0.25, 0.3) is 5.69 Å². The number of aryl methyl sites for hydroxylation is 1. The maximum Gasteiger partial charge on any atom is 0.361 e. The summed E-state index contributed by atoms with van der Waals surface area (Å²) in [6.45, 7) is 1.59. The molecule has 2 N–H and O–H groups in total. The molecule has 1 aliphatic rings. The van der Waals surface area contributed by atoms with Crippen LogP contribution in [-0.2, 0) is 14.3 Å². The first kappa shape index (κ1) is 18.6. The van der Waals surface area contributed by atoms with E-state index in [-0.39, 0.29) is 5.69 Å². The molecule has 1 atom stereocenters. The van der Waals surface area contributed by atoms with Crippen LogP contribution in [0.15, 0.2) is 30.3 Å². The smallest absolute Gasteiger partial charge is 0.361 e. The maximum atomic E-state index is 12.4. The molecular weight excluding hydrogens is 350 g/mol. The van der Waals surface area contributed by atoms with E-state index in [4.69, 9.17) is 10.5 Å². The van der Waals surface area contributed by atoms with Crippen molar-refractivity contribution < 1.29 is 19.1 Å². The molecule has 9 nitrogen and oxygen atoms in total. The number of para-hydroxylation sites is 1. The fourth-order valence-electron chi connectivity index (χ4n) is 3.05. The minimum atomic E-state index is -0.740. The van der Waals surface area contributed by atoms with Crippen LogP contribution in [0.5, 0.6) is 0 Å². The van der Waals surface area contributed by atoms with Gasteiger partial charge in [0.15, 0.2) is 12.3 Å². The summed E-state index contributed by atoms with van der Waals surface area (Å²) >= 11 is 0. The third-order valence-corrected chi connectivity index (χ3v) is 4.44. The molecule has 1 fully saturated rings. The second kappa shape index (κ2) is 7.98. The standard InChI is InChI=1S/C18H21N5O4/c1-12-16(21-23(20-12)13-7-3-2-4-8-13)18(26)27-11-15(24)22-10-6-5-9-14(22)17(19)25/h2-4,7-8,14H,5-6,9-11H2,1H3,(H2,19,25)/t14-/m1/s1. The number of aromatic nitrogens is 3. The number of rotatable bonds is 5. The topological polar surface area (TPSA) is 120 Å². The van der Waals surface area contributed by atoms with E-state index in [1.807, 2.05) is 18.2 Å². The lowest BCUT2D eigenvalue weighted by Gasteiger charge is -2.33. The molecule has 2 aromatic rings. The van der Waals surface area contributed by atoms with E-state index in [0.29, 0.717) is 24.3 Å². The molecule has 9 heteroatoms. The van der Waals surface area contributed by atoms with Gasteiger partial charge in [-0.15, -0.1) is 5.10 Å². The number of ether oxygens (including phenoxy) is 1. The summed E-state index contributed by atoms with van der Waals surface area (Å²) in [5.74, 6) is -1.73. The number of benzene rings is 1. The number of carbonyl (C=O) groups excluding carboxylic acids is 3. The summed E-state index contributed by atoms with van der Waals surface area (Å²) in [6.07, 6.45) is 2.15. The molecule has 27 heavy (non-hydrogen) atoms. The van der Waals surface area contributed by atoms with E-state index >= 15 is 0 Å². The number of primary amides is 1. The summed E-state index contributed by atoms with van der Waals surface area (Å²) in [4.78, 5) is 38.9. The number of amides is 2. The van der Waals surface area contributed by atoms with Crippen molar-refractivity contribution in [3.05, 3.63) is 41.7 Å². The summed E-state index contributed by atoms with van der Waals surface area (Å²) in [6, 6.07) is 8.49. The van der Waals surface area contributed by atoms with Gasteiger partial charge < -0.3 is 15.4 Å². The molecule has 1 aromatic carbocycles.